The molecule has 5 aromatic rings. The number of alkyl halides is 2. The van der Waals surface area contributed by atoms with Crippen LogP contribution in [0.1, 0.15) is 10.4 Å². The highest BCUT2D eigenvalue weighted by molar-refractivity contribution is 7.85. The molecule has 38 heavy (non-hydrogen) atoms. The predicted molar refractivity (Wildman–Crippen MR) is 133 cm³/mol. The second-order valence-electron chi connectivity index (χ2n) is 8.08. The fraction of sp³-hybridized carbons (Fsp3) is 0.125. The van der Waals surface area contributed by atoms with E-state index in [9.17, 15) is 22.6 Å². The van der Waals surface area contributed by atoms with Gasteiger partial charge in [-0.25, -0.2) is 13.7 Å². The van der Waals surface area contributed by atoms with Crippen LogP contribution >= 0.6 is 0 Å². The number of carbonyl (C=O) groups excluding carboxylic acids is 1. The molecule has 1 atom stereocenters. The lowest BCUT2D eigenvalue weighted by Crippen LogP contribution is -2.15. The normalized spacial score (nSPS) is 12.1. The highest BCUT2D eigenvalue weighted by atomic mass is 32.2. The van der Waals surface area contributed by atoms with E-state index in [1.54, 1.807) is 26.4 Å². The molecule has 0 saturated heterocycles. The number of aryl methyl sites for hydroxylation is 2. The SMILES string of the molecule is Cn1cc(NC(=O)c2cnn3cccnc23)c(-c2cc(S(=O)c3ccn(C)c(=O)c3)ccc2OC(F)F)n1. The lowest BCUT2D eigenvalue weighted by Gasteiger charge is -2.13. The van der Waals surface area contributed by atoms with Crippen molar-refractivity contribution in [3.63, 3.8) is 0 Å². The van der Waals surface area contributed by atoms with E-state index in [1.165, 1.54) is 68.9 Å². The van der Waals surface area contributed by atoms with Crippen LogP contribution in [0, 0.1) is 0 Å². The molecule has 0 fully saturated rings. The summed E-state index contributed by atoms with van der Waals surface area (Å²) in [5.74, 6) is -0.791. The molecule has 4 heterocycles. The summed E-state index contributed by atoms with van der Waals surface area (Å²) in [6, 6.07) is 8.40. The summed E-state index contributed by atoms with van der Waals surface area (Å²) in [5, 5.41) is 11.2. The van der Waals surface area contributed by atoms with Crippen LogP contribution in [0.2, 0.25) is 0 Å². The summed E-state index contributed by atoms with van der Waals surface area (Å²) < 4.78 is 48.6. The van der Waals surface area contributed by atoms with Crippen LogP contribution in [0.5, 0.6) is 5.75 Å². The maximum Gasteiger partial charge on any atom is 0.387 e. The number of hydrogen-bond acceptors (Lipinski definition) is 7. The highest BCUT2D eigenvalue weighted by Crippen LogP contribution is 2.37. The number of benzene rings is 1. The number of pyridine rings is 1. The van der Waals surface area contributed by atoms with Gasteiger partial charge in [-0.2, -0.15) is 19.0 Å². The minimum absolute atomic E-state index is 0.0638. The van der Waals surface area contributed by atoms with Crippen LogP contribution in [0.3, 0.4) is 0 Å². The number of carbonyl (C=O) groups is 1. The molecule has 11 nitrogen and oxygen atoms in total. The molecular weight excluding hydrogens is 520 g/mol. The Hall–Kier alpha value is -4.72. The van der Waals surface area contributed by atoms with Crippen molar-refractivity contribution in [1.82, 2.24) is 28.9 Å². The Morgan fingerprint density at radius 3 is 2.68 bits per heavy atom. The summed E-state index contributed by atoms with van der Waals surface area (Å²) in [7, 11) is 1.33. The molecule has 14 heteroatoms. The molecule has 1 aromatic carbocycles. The van der Waals surface area contributed by atoms with Gasteiger partial charge in [-0.3, -0.25) is 14.3 Å². The third-order valence-corrected chi connectivity index (χ3v) is 6.89. The number of nitrogens with one attached hydrogen (secondary N) is 1. The Balaban J connectivity index is 1.56. The zero-order chi connectivity index (χ0) is 27.0. The van der Waals surface area contributed by atoms with Crippen LogP contribution in [0.15, 0.2) is 82.0 Å². The number of anilines is 1. The molecule has 5 rings (SSSR count). The zero-order valence-corrected chi connectivity index (χ0v) is 20.7. The fourth-order valence-corrected chi connectivity index (χ4v) is 4.83. The van der Waals surface area contributed by atoms with Gasteiger partial charge in [0.05, 0.1) is 27.6 Å². The van der Waals surface area contributed by atoms with Crippen molar-refractivity contribution < 1.29 is 22.5 Å². The van der Waals surface area contributed by atoms with E-state index in [4.69, 9.17) is 4.74 Å². The van der Waals surface area contributed by atoms with Crippen molar-refractivity contribution in [3.8, 4) is 17.0 Å². The van der Waals surface area contributed by atoms with E-state index in [0.29, 0.717) is 5.65 Å². The van der Waals surface area contributed by atoms with Gasteiger partial charge in [0.2, 0.25) is 0 Å². The monoisotopic (exact) mass is 539 g/mol. The number of fused-ring (bicyclic) bond motifs is 1. The van der Waals surface area contributed by atoms with Crippen molar-refractivity contribution in [3.05, 3.63) is 83.3 Å². The predicted octanol–water partition coefficient (Wildman–Crippen LogP) is 2.85. The molecule has 0 radical (unpaired) electrons. The van der Waals surface area contributed by atoms with E-state index in [-0.39, 0.29) is 43.6 Å². The molecule has 0 aliphatic carbocycles. The van der Waals surface area contributed by atoms with Gasteiger partial charge < -0.3 is 14.6 Å². The zero-order valence-electron chi connectivity index (χ0n) is 19.9. The Bertz CT molecular complexity index is 1760. The standard InChI is InChI=1S/C24H19F2N7O4S/c1-31-9-6-15(11-20(31)34)38(36)14-4-5-19(37-24(25)26)16(10-14)21-18(13-32(2)30-21)29-23(35)17-12-28-33-8-3-7-27-22(17)33/h3-13,24H,1-2H3,(H,29,35). The summed E-state index contributed by atoms with van der Waals surface area (Å²) in [4.78, 5) is 29.7. The average molecular weight is 540 g/mol. The molecule has 194 valence electrons. The van der Waals surface area contributed by atoms with Crippen molar-refractivity contribution in [2.24, 2.45) is 14.1 Å². The van der Waals surface area contributed by atoms with E-state index in [1.807, 2.05) is 0 Å². The Morgan fingerprint density at radius 1 is 1.13 bits per heavy atom. The number of hydrogen-bond donors (Lipinski definition) is 1. The van der Waals surface area contributed by atoms with Gasteiger partial charge >= 0.3 is 6.61 Å². The third kappa shape index (κ3) is 4.80. The molecular formula is C24H19F2N7O4S. The van der Waals surface area contributed by atoms with Crippen LogP contribution in [-0.2, 0) is 24.9 Å². The van der Waals surface area contributed by atoms with Gasteiger partial charge in [0.15, 0.2) is 5.65 Å². The lowest BCUT2D eigenvalue weighted by molar-refractivity contribution is -0.0494. The number of rotatable bonds is 7. The van der Waals surface area contributed by atoms with Crippen molar-refractivity contribution in [2.45, 2.75) is 16.4 Å². The lowest BCUT2D eigenvalue weighted by atomic mass is 10.1. The van der Waals surface area contributed by atoms with Crippen LogP contribution in [0.4, 0.5) is 14.5 Å². The van der Waals surface area contributed by atoms with E-state index in [0.717, 1.165) is 0 Å². The largest absolute Gasteiger partial charge is 0.434 e. The maximum atomic E-state index is 13.2. The smallest absolute Gasteiger partial charge is 0.387 e. The topological polar surface area (TPSA) is 125 Å². The summed E-state index contributed by atoms with van der Waals surface area (Å²) in [5.41, 5.74) is 0.500. The summed E-state index contributed by atoms with van der Waals surface area (Å²) in [6.45, 7) is -3.14. The molecule has 1 unspecified atom stereocenters. The van der Waals surface area contributed by atoms with Crippen LogP contribution in [0.25, 0.3) is 16.9 Å². The quantitative estimate of drug-likeness (QED) is 0.337. The first kappa shape index (κ1) is 25.0. The van der Waals surface area contributed by atoms with Crippen molar-refractivity contribution >= 4 is 28.0 Å². The van der Waals surface area contributed by atoms with E-state index in [2.05, 4.69) is 20.5 Å². The Morgan fingerprint density at radius 2 is 1.92 bits per heavy atom. The van der Waals surface area contributed by atoms with Gasteiger partial charge in [0.1, 0.15) is 17.0 Å². The first-order chi connectivity index (χ1) is 18.2. The molecule has 0 aliphatic heterocycles. The summed E-state index contributed by atoms with van der Waals surface area (Å²) in [6.07, 6.45) is 7.48. The molecule has 4 aromatic heterocycles. The third-order valence-electron chi connectivity index (χ3n) is 5.53. The Kier molecular flexibility index (Phi) is 6.55. The fourth-order valence-electron chi connectivity index (χ4n) is 3.75. The van der Waals surface area contributed by atoms with Gasteiger partial charge in [0.25, 0.3) is 11.5 Å². The second-order valence-corrected chi connectivity index (χ2v) is 9.56. The molecule has 0 saturated carbocycles. The van der Waals surface area contributed by atoms with E-state index >= 15 is 0 Å². The molecule has 1 N–H and O–H groups in total. The summed E-state index contributed by atoms with van der Waals surface area (Å²) >= 11 is 0. The number of aromatic nitrogens is 6. The number of ether oxygens (including phenoxy) is 1. The molecule has 0 spiro atoms. The van der Waals surface area contributed by atoms with Gasteiger partial charge in [-0.05, 0) is 30.3 Å². The first-order valence-corrected chi connectivity index (χ1v) is 12.2. The highest BCUT2D eigenvalue weighted by Gasteiger charge is 2.23. The van der Waals surface area contributed by atoms with E-state index < -0.39 is 23.3 Å². The Labute approximate surface area is 215 Å². The van der Waals surface area contributed by atoms with Gasteiger partial charge in [0, 0.05) is 55.4 Å². The number of nitrogens with zero attached hydrogens (tertiary/aromatic N) is 6. The minimum Gasteiger partial charge on any atom is -0.434 e. The van der Waals surface area contributed by atoms with Crippen LogP contribution in [-0.4, -0.2) is 45.7 Å². The minimum atomic E-state index is -3.14. The van der Waals surface area contributed by atoms with Crippen LogP contribution < -0.4 is 15.6 Å². The van der Waals surface area contributed by atoms with Crippen molar-refractivity contribution in [2.75, 3.05) is 5.32 Å². The van der Waals surface area contributed by atoms with Gasteiger partial charge in [-0.1, -0.05) is 0 Å². The second kappa shape index (κ2) is 9.97. The number of halogens is 2. The van der Waals surface area contributed by atoms with Gasteiger partial charge in [-0.15, -0.1) is 0 Å². The molecule has 1 amide bonds. The molecule has 0 bridgehead atoms. The van der Waals surface area contributed by atoms with Crippen molar-refractivity contribution in [1.29, 1.82) is 0 Å². The molecule has 0 aliphatic rings. The first-order valence-electron chi connectivity index (χ1n) is 11.0. The number of amides is 1. The average Bonchev–Trinajstić information content (AvgIpc) is 3.48. The maximum absolute atomic E-state index is 13.2.